The van der Waals surface area contributed by atoms with Crippen LogP contribution in [0.1, 0.15) is 22.3 Å². The summed E-state index contributed by atoms with van der Waals surface area (Å²) in [6.07, 6.45) is 0. The Balaban J connectivity index is 1.45. The van der Waals surface area contributed by atoms with Crippen molar-refractivity contribution in [3.63, 3.8) is 0 Å². The number of hydrogen-bond acceptors (Lipinski definition) is 5. The second-order valence-corrected chi connectivity index (χ2v) is 11.4. The van der Waals surface area contributed by atoms with E-state index in [2.05, 4.69) is 113 Å². The summed E-state index contributed by atoms with van der Waals surface area (Å²) < 4.78 is 19.4. The lowest BCUT2D eigenvalue weighted by Gasteiger charge is -2.18. The van der Waals surface area contributed by atoms with Gasteiger partial charge in [-0.05, 0) is 83.3 Å². The second kappa shape index (κ2) is 9.73. The first-order chi connectivity index (χ1) is 19.5. The van der Waals surface area contributed by atoms with E-state index in [0.29, 0.717) is 0 Å². The van der Waals surface area contributed by atoms with Gasteiger partial charge in [0.25, 0.3) is 0 Å². The minimum Gasteiger partial charge on any atom is -0.172 e. The highest BCUT2D eigenvalue weighted by molar-refractivity contribution is 7.58. The van der Waals surface area contributed by atoms with Crippen LogP contribution >= 0.6 is 11.7 Å². The molecule has 0 N–H and O–H groups in total. The highest BCUT2D eigenvalue weighted by atomic mass is 32.1. The van der Waals surface area contributed by atoms with Crippen LogP contribution in [-0.4, -0.2) is 8.75 Å². The van der Waals surface area contributed by atoms with Crippen molar-refractivity contribution in [3.8, 4) is 44.5 Å². The molecule has 40 heavy (non-hydrogen) atoms. The largest absolute Gasteiger partial charge is 0.172 e. The van der Waals surface area contributed by atoms with Crippen LogP contribution in [0.15, 0.2) is 93.7 Å². The zero-order valence-corrected chi connectivity index (χ0v) is 24.3. The maximum atomic E-state index is 4.85. The second-order valence-electron chi connectivity index (χ2n) is 10.4. The average Bonchev–Trinajstić information content (AvgIpc) is 3.65. The Morgan fingerprint density at radius 2 is 0.850 bits per heavy atom. The van der Waals surface area contributed by atoms with Crippen LogP contribution in [0.3, 0.4) is 0 Å². The first kappa shape index (κ1) is 24.8. The normalized spacial score (nSPS) is 12.1. The standard InChI is InChI=1S/C34H26N4S2/c1-19-17-27(21(3)15-25(19)23-11-7-5-8-12-23)29-31-33(37-39-35-31)30(34-32(29)36-40-38-34)28-18-20(2)26(16-22(28)4)24-13-9-6-10-14-24/h5-18H,1-4H3. The molecule has 0 bridgehead atoms. The number of benzene rings is 5. The number of aryl methyl sites for hydroxylation is 4. The highest BCUT2D eigenvalue weighted by Crippen LogP contribution is 2.53. The molecule has 0 atom stereocenters. The van der Waals surface area contributed by atoms with E-state index in [1.165, 1.54) is 67.6 Å². The predicted molar refractivity (Wildman–Crippen MR) is 170 cm³/mol. The van der Waals surface area contributed by atoms with Gasteiger partial charge in [0, 0.05) is 11.1 Å². The zero-order valence-electron chi connectivity index (χ0n) is 22.7. The Morgan fingerprint density at radius 1 is 0.475 bits per heavy atom. The molecule has 0 aliphatic carbocycles. The molecule has 1 aliphatic rings. The molecular formula is C34H26N4S2. The fourth-order valence-electron chi connectivity index (χ4n) is 5.80. The lowest BCUT2D eigenvalue weighted by molar-refractivity contribution is 1.37. The fourth-order valence-corrected chi connectivity index (χ4v) is 6.92. The van der Waals surface area contributed by atoms with Gasteiger partial charge in [0.1, 0.15) is 22.4 Å². The van der Waals surface area contributed by atoms with Gasteiger partial charge >= 0.3 is 0 Å². The molecule has 0 spiro atoms. The molecule has 1 aliphatic heterocycles. The quantitative estimate of drug-likeness (QED) is 0.217. The molecule has 194 valence electrons. The highest BCUT2D eigenvalue weighted by Gasteiger charge is 2.28. The third kappa shape index (κ3) is 3.95. The van der Waals surface area contributed by atoms with Crippen molar-refractivity contribution in [3.05, 3.63) is 107 Å². The fraction of sp³-hybridized carbons (Fsp3) is 0.118. The van der Waals surface area contributed by atoms with Gasteiger partial charge in [-0.2, -0.15) is 17.5 Å². The van der Waals surface area contributed by atoms with Crippen molar-refractivity contribution in [2.75, 3.05) is 0 Å². The van der Waals surface area contributed by atoms with E-state index in [-0.39, 0.29) is 0 Å². The van der Waals surface area contributed by atoms with Crippen LogP contribution < -0.4 is 0 Å². The van der Waals surface area contributed by atoms with E-state index < -0.39 is 0 Å². The van der Waals surface area contributed by atoms with Gasteiger partial charge in [-0.15, -0.1) is 0 Å². The molecule has 6 heteroatoms. The van der Waals surface area contributed by atoms with Crippen molar-refractivity contribution in [2.45, 2.75) is 27.7 Å². The molecule has 4 nitrogen and oxygen atoms in total. The Hall–Kier alpha value is -4.26. The van der Waals surface area contributed by atoms with Gasteiger partial charge in [0.2, 0.25) is 0 Å². The SMILES string of the molecule is Cc1cc(-c2c3c(c(-c4cc(C)c(-c5ccccc5)cc4C)c4nsnc24)N=S=N3)c(C)cc1-c1ccccc1. The third-order valence-electron chi connectivity index (χ3n) is 7.78. The molecule has 0 amide bonds. The van der Waals surface area contributed by atoms with Crippen LogP contribution in [0.4, 0.5) is 11.4 Å². The van der Waals surface area contributed by atoms with E-state index in [1.807, 2.05) is 0 Å². The Labute approximate surface area is 241 Å². The van der Waals surface area contributed by atoms with Gasteiger partial charge in [-0.25, -0.2) is 0 Å². The maximum Gasteiger partial charge on any atom is 0.115 e. The van der Waals surface area contributed by atoms with E-state index in [0.717, 1.165) is 44.7 Å². The van der Waals surface area contributed by atoms with E-state index in [4.69, 9.17) is 17.5 Å². The molecule has 6 aromatic rings. The van der Waals surface area contributed by atoms with Crippen LogP contribution in [0, 0.1) is 27.7 Å². The van der Waals surface area contributed by atoms with Crippen LogP contribution in [-0.2, 0) is 11.4 Å². The molecule has 1 aromatic heterocycles. The Kier molecular flexibility index (Phi) is 6.02. The van der Waals surface area contributed by atoms with Gasteiger partial charge < -0.3 is 0 Å². The molecule has 0 unspecified atom stereocenters. The molecule has 0 radical (unpaired) electrons. The van der Waals surface area contributed by atoms with E-state index in [9.17, 15) is 0 Å². The summed E-state index contributed by atoms with van der Waals surface area (Å²) in [7, 11) is 0. The summed E-state index contributed by atoms with van der Waals surface area (Å²) in [5, 5.41) is 0. The Bertz CT molecular complexity index is 1880. The van der Waals surface area contributed by atoms with Crippen LogP contribution in [0.25, 0.3) is 55.5 Å². The van der Waals surface area contributed by atoms with Crippen molar-refractivity contribution in [1.29, 1.82) is 0 Å². The predicted octanol–water partition coefficient (Wildman–Crippen LogP) is 10.3. The monoisotopic (exact) mass is 554 g/mol. The summed E-state index contributed by atoms with van der Waals surface area (Å²) >= 11 is 2.51. The maximum absolute atomic E-state index is 4.85. The minimum absolute atomic E-state index is 0.888. The van der Waals surface area contributed by atoms with Crippen molar-refractivity contribution >= 4 is 45.5 Å². The summed E-state index contributed by atoms with van der Waals surface area (Å²) in [5.74, 6) is 0. The van der Waals surface area contributed by atoms with Gasteiger partial charge in [0.15, 0.2) is 0 Å². The first-order valence-electron chi connectivity index (χ1n) is 13.3. The summed E-state index contributed by atoms with van der Waals surface area (Å²) in [6, 6.07) is 30.2. The van der Waals surface area contributed by atoms with Crippen molar-refractivity contribution < 1.29 is 0 Å². The van der Waals surface area contributed by atoms with E-state index >= 15 is 0 Å². The molecule has 0 saturated heterocycles. The summed E-state index contributed by atoms with van der Waals surface area (Å²) in [4.78, 5) is 0. The molecule has 0 fully saturated rings. The molecular weight excluding hydrogens is 529 g/mol. The Morgan fingerprint density at radius 3 is 1.27 bits per heavy atom. The zero-order chi connectivity index (χ0) is 27.4. The molecule has 5 aromatic carbocycles. The minimum atomic E-state index is 0.888. The van der Waals surface area contributed by atoms with Crippen LogP contribution in [0.2, 0.25) is 0 Å². The van der Waals surface area contributed by atoms with E-state index in [1.54, 1.807) is 0 Å². The number of rotatable bonds is 4. The molecule has 0 saturated carbocycles. The van der Waals surface area contributed by atoms with Gasteiger partial charge in [0.05, 0.1) is 23.1 Å². The lowest BCUT2D eigenvalue weighted by atomic mass is 9.86. The van der Waals surface area contributed by atoms with Gasteiger partial charge in [-0.1, -0.05) is 84.9 Å². The molecule has 7 rings (SSSR count). The topological polar surface area (TPSA) is 50.5 Å². The van der Waals surface area contributed by atoms with Crippen molar-refractivity contribution in [2.24, 2.45) is 8.73 Å². The van der Waals surface area contributed by atoms with Crippen LogP contribution in [0.5, 0.6) is 0 Å². The van der Waals surface area contributed by atoms with Crippen molar-refractivity contribution in [1.82, 2.24) is 8.75 Å². The number of fused-ring (bicyclic) bond motifs is 2. The first-order valence-corrected chi connectivity index (χ1v) is 14.7. The van der Waals surface area contributed by atoms with Gasteiger partial charge in [-0.3, -0.25) is 0 Å². The summed E-state index contributed by atoms with van der Waals surface area (Å²) in [6.45, 7) is 8.69. The number of nitrogens with zero attached hydrogens (tertiary/aromatic N) is 4. The third-order valence-corrected chi connectivity index (χ3v) is 8.83. The smallest absolute Gasteiger partial charge is 0.115 e. The summed E-state index contributed by atoms with van der Waals surface area (Å²) in [5.41, 5.74) is 17.6. The number of aromatic nitrogens is 2. The average molecular weight is 555 g/mol. The molecule has 2 heterocycles. The lowest BCUT2D eigenvalue weighted by Crippen LogP contribution is -1.95. The number of hydrogen-bond donors (Lipinski definition) is 0.